The molecule has 1 aromatic rings. The summed E-state index contributed by atoms with van der Waals surface area (Å²) in [6, 6.07) is 6.69. The monoisotopic (exact) mass is 309 g/mol. The summed E-state index contributed by atoms with van der Waals surface area (Å²) in [5.74, 6) is -0.163. The van der Waals surface area contributed by atoms with E-state index in [1.807, 2.05) is 7.05 Å². The van der Waals surface area contributed by atoms with Crippen molar-refractivity contribution < 1.29 is 9.59 Å². The fourth-order valence-electron chi connectivity index (χ4n) is 2.59. The van der Waals surface area contributed by atoms with E-state index in [4.69, 9.17) is 11.6 Å². The van der Waals surface area contributed by atoms with Crippen molar-refractivity contribution in [2.75, 3.05) is 33.2 Å². The Labute approximate surface area is 129 Å². The maximum atomic E-state index is 12.0. The molecule has 1 saturated heterocycles. The van der Waals surface area contributed by atoms with Crippen molar-refractivity contribution in [1.82, 2.24) is 15.5 Å². The first-order valence-corrected chi connectivity index (χ1v) is 7.43. The van der Waals surface area contributed by atoms with Gasteiger partial charge >= 0.3 is 0 Å². The fourth-order valence-corrected chi connectivity index (χ4v) is 2.82. The summed E-state index contributed by atoms with van der Waals surface area (Å²) >= 11 is 5.94. The van der Waals surface area contributed by atoms with Crippen LogP contribution in [-0.2, 0) is 4.79 Å². The summed E-state index contributed by atoms with van der Waals surface area (Å²) in [6.07, 6.45) is 1.08. The molecule has 0 aromatic heterocycles. The molecule has 1 fully saturated rings. The summed E-state index contributed by atoms with van der Waals surface area (Å²) < 4.78 is 0. The van der Waals surface area contributed by atoms with Crippen LogP contribution in [0.4, 0.5) is 0 Å². The molecule has 1 unspecified atom stereocenters. The third-order valence-electron chi connectivity index (χ3n) is 3.60. The Morgan fingerprint density at radius 1 is 1.38 bits per heavy atom. The summed E-state index contributed by atoms with van der Waals surface area (Å²) in [7, 11) is 1.93. The van der Waals surface area contributed by atoms with Crippen LogP contribution >= 0.6 is 11.6 Å². The normalized spacial score (nSPS) is 18.7. The largest absolute Gasteiger partial charge is 0.319 e. The molecular weight excluding hydrogens is 290 g/mol. The predicted molar refractivity (Wildman–Crippen MR) is 82.4 cm³/mol. The minimum Gasteiger partial charge on any atom is -0.319 e. The van der Waals surface area contributed by atoms with Crippen molar-refractivity contribution >= 4 is 23.4 Å². The van der Waals surface area contributed by atoms with E-state index < -0.39 is 5.91 Å². The van der Waals surface area contributed by atoms with Gasteiger partial charge in [-0.15, -0.1) is 0 Å². The van der Waals surface area contributed by atoms with Gasteiger partial charge in [0.25, 0.3) is 5.91 Å². The number of hydrogen-bond acceptors (Lipinski definition) is 4. The van der Waals surface area contributed by atoms with Crippen molar-refractivity contribution in [2.24, 2.45) is 5.92 Å². The van der Waals surface area contributed by atoms with Crippen molar-refractivity contribution in [3.8, 4) is 0 Å². The minimum atomic E-state index is -0.448. The third kappa shape index (κ3) is 4.52. The highest BCUT2D eigenvalue weighted by Crippen LogP contribution is 2.16. The van der Waals surface area contributed by atoms with Crippen molar-refractivity contribution in [2.45, 2.75) is 6.42 Å². The van der Waals surface area contributed by atoms with Crippen LogP contribution in [0, 0.1) is 5.92 Å². The number of nitrogens with one attached hydrogen (secondary N) is 2. The number of imide groups is 1. The average Bonchev–Trinajstić information content (AvgIpc) is 2.86. The predicted octanol–water partition coefficient (Wildman–Crippen LogP) is 1.14. The zero-order chi connectivity index (χ0) is 15.2. The molecule has 1 atom stereocenters. The summed E-state index contributed by atoms with van der Waals surface area (Å²) in [6.45, 7) is 2.97. The van der Waals surface area contributed by atoms with Gasteiger partial charge in [-0.1, -0.05) is 23.7 Å². The van der Waals surface area contributed by atoms with Gasteiger partial charge in [-0.2, -0.15) is 0 Å². The van der Waals surface area contributed by atoms with Gasteiger partial charge in [0.15, 0.2) is 0 Å². The van der Waals surface area contributed by atoms with Crippen LogP contribution in [0.3, 0.4) is 0 Å². The highest BCUT2D eigenvalue weighted by atomic mass is 35.5. The Hall–Kier alpha value is -1.43. The maximum absolute atomic E-state index is 12.0. The second kappa shape index (κ2) is 7.54. The molecule has 21 heavy (non-hydrogen) atoms. The highest BCUT2D eigenvalue weighted by molar-refractivity contribution is 6.34. The van der Waals surface area contributed by atoms with E-state index in [1.54, 1.807) is 24.3 Å². The van der Waals surface area contributed by atoms with E-state index in [1.165, 1.54) is 0 Å². The number of likely N-dealkylation sites (tertiary alicyclic amines) is 1. The second-order valence-electron chi connectivity index (χ2n) is 5.30. The average molecular weight is 310 g/mol. The molecular formula is C15H20ClN3O2. The van der Waals surface area contributed by atoms with Crippen LogP contribution in [-0.4, -0.2) is 49.9 Å². The first kappa shape index (κ1) is 15.9. The molecule has 1 heterocycles. The van der Waals surface area contributed by atoms with Crippen molar-refractivity contribution in [1.29, 1.82) is 0 Å². The van der Waals surface area contributed by atoms with Gasteiger partial charge in [0.2, 0.25) is 5.91 Å². The SMILES string of the molecule is CNCC1CCN(CC(=O)NC(=O)c2ccccc2Cl)C1. The molecule has 6 heteroatoms. The Morgan fingerprint density at radius 3 is 2.86 bits per heavy atom. The van der Waals surface area contributed by atoms with E-state index >= 15 is 0 Å². The van der Waals surface area contributed by atoms with Crippen LogP contribution < -0.4 is 10.6 Å². The number of rotatable bonds is 5. The number of nitrogens with zero attached hydrogens (tertiary/aromatic N) is 1. The van der Waals surface area contributed by atoms with Crippen molar-refractivity contribution in [3.05, 3.63) is 34.9 Å². The minimum absolute atomic E-state index is 0.246. The van der Waals surface area contributed by atoms with Crippen LogP contribution in [0.25, 0.3) is 0 Å². The van der Waals surface area contributed by atoms with E-state index in [2.05, 4.69) is 15.5 Å². The Kier molecular flexibility index (Phi) is 5.73. The smallest absolute Gasteiger partial charge is 0.259 e. The van der Waals surface area contributed by atoms with Crippen molar-refractivity contribution in [3.63, 3.8) is 0 Å². The molecule has 1 aromatic carbocycles. The van der Waals surface area contributed by atoms with Crippen LogP contribution in [0.2, 0.25) is 5.02 Å². The first-order chi connectivity index (χ1) is 10.1. The van der Waals surface area contributed by atoms with Gasteiger partial charge < -0.3 is 5.32 Å². The second-order valence-corrected chi connectivity index (χ2v) is 5.71. The number of hydrogen-bond donors (Lipinski definition) is 2. The molecule has 1 aliphatic heterocycles. The highest BCUT2D eigenvalue weighted by Gasteiger charge is 2.24. The Balaban J connectivity index is 1.83. The first-order valence-electron chi connectivity index (χ1n) is 7.06. The van der Waals surface area contributed by atoms with Gasteiger partial charge in [0.1, 0.15) is 0 Å². The van der Waals surface area contributed by atoms with E-state index in [9.17, 15) is 9.59 Å². The fraction of sp³-hybridized carbons (Fsp3) is 0.467. The molecule has 0 saturated carbocycles. The summed E-state index contributed by atoms with van der Waals surface area (Å²) in [5, 5.41) is 5.88. The molecule has 0 bridgehead atoms. The number of carbonyl (C=O) groups excluding carboxylic acids is 2. The molecule has 2 rings (SSSR count). The molecule has 0 spiro atoms. The van der Waals surface area contributed by atoms with E-state index in [-0.39, 0.29) is 12.5 Å². The summed E-state index contributed by atoms with van der Waals surface area (Å²) in [5.41, 5.74) is 0.321. The molecule has 2 amide bonds. The van der Waals surface area contributed by atoms with Gasteiger partial charge in [-0.25, -0.2) is 0 Å². The van der Waals surface area contributed by atoms with Gasteiger partial charge in [0, 0.05) is 6.54 Å². The van der Waals surface area contributed by atoms with E-state index in [0.717, 1.165) is 26.1 Å². The lowest BCUT2D eigenvalue weighted by Crippen LogP contribution is -2.39. The quantitative estimate of drug-likeness (QED) is 0.856. The van der Waals surface area contributed by atoms with Gasteiger partial charge in [0.05, 0.1) is 17.1 Å². The number of benzene rings is 1. The molecule has 0 radical (unpaired) electrons. The van der Waals surface area contributed by atoms with Crippen LogP contribution in [0.1, 0.15) is 16.8 Å². The van der Waals surface area contributed by atoms with Gasteiger partial charge in [-0.05, 0) is 44.6 Å². The van der Waals surface area contributed by atoms with Gasteiger partial charge in [-0.3, -0.25) is 19.8 Å². The zero-order valence-electron chi connectivity index (χ0n) is 12.1. The van der Waals surface area contributed by atoms with E-state index in [0.29, 0.717) is 16.5 Å². The van der Waals surface area contributed by atoms with Crippen LogP contribution in [0.5, 0.6) is 0 Å². The molecule has 5 nitrogen and oxygen atoms in total. The molecule has 114 valence electrons. The maximum Gasteiger partial charge on any atom is 0.259 e. The van der Waals surface area contributed by atoms with Crippen LogP contribution in [0.15, 0.2) is 24.3 Å². The number of amides is 2. The topological polar surface area (TPSA) is 61.4 Å². The zero-order valence-corrected chi connectivity index (χ0v) is 12.8. The standard InChI is InChI=1S/C15H20ClN3O2/c1-17-8-11-6-7-19(9-11)10-14(20)18-15(21)12-4-2-3-5-13(12)16/h2-5,11,17H,6-10H2,1H3,(H,18,20,21). The molecule has 0 aliphatic carbocycles. The molecule has 2 N–H and O–H groups in total. The molecule has 1 aliphatic rings. The number of halogens is 1. The number of carbonyl (C=O) groups is 2. The Morgan fingerprint density at radius 2 is 2.14 bits per heavy atom. The lowest BCUT2D eigenvalue weighted by molar-refractivity contribution is -0.121. The third-order valence-corrected chi connectivity index (χ3v) is 3.93. The lowest BCUT2D eigenvalue weighted by atomic mass is 10.1. The summed E-state index contributed by atoms with van der Waals surface area (Å²) in [4.78, 5) is 26.0. The Bertz CT molecular complexity index is 521. The lowest BCUT2D eigenvalue weighted by Gasteiger charge is -2.15.